The Bertz CT molecular complexity index is 762. The van der Waals surface area contributed by atoms with Gasteiger partial charge in [-0.25, -0.2) is 5.43 Å². The number of rotatable bonds is 6. The van der Waals surface area contributed by atoms with Crippen LogP contribution in [0.25, 0.3) is 0 Å². The maximum absolute atomic E-state index is 12.0. The van der Waals surface area contributed by atoms with Crippen LogP contribution in [0.3, 0.4) is 0 Å². The molecule has 2 rings (SSSR count). The lowest BCUT2D eigenvalue weighted by molar-refractivity contribution is -0.120. The van der Waals surface area contributed by atoms with Crippen molar-refractivity contribution in [3.05, 3.63) is 64.7 Å². The average molecular weight is 346 g/mol. The van der Waals surface area contributed by atoms with Gasteiger partial charge in [0.2, 0.25) is 0 Å². The molecule has 0 bridgehead atoms. The summed E-state index contributed by atoms with van der Waals surface area (Å²) < 4.78 is 5.05. The molecule has 2 aromatic rings. The van der Waals surface area contributed by atoms with Crippen LogP contribution in [0.15, 0.2) is 53.6 Å². The quantitative estimate of drug-likeness (QED) is 0.622. The highest BCUT2D eigenvalue weighted by molar-refractivity contribution is 6.30. The third-order valence-corrected chi connectivity index (χ3v) is 3.23. The van der Waals surface area contributed by atoms with Gasteiger partial charge in [-0.1, -0.05) is 29.8 Å². The molecule has 7 heteroatoms. The highest BCUT2D eigenvalue weighted by Gasteiger charge is 2.08. The Labute approximate surface area is 144 Å². The molecule has 2 aromatic carbocycles. The van der Waals surface area contributed by atoms with E-state index < -0.39 is 5.91 Å². The lowest BCUT2D eigenvalue weighted by Crippen LogP contribution is -2.34. The molecular weight excluding hydrogens is 330 g/mol. The van der Waals surface area contributed by atoms with Crippen molar-refractivity contribution in [2.24, 2.45) is 5.10 Å². The van der Waals surface area contributed by atoms with E-state index in [4.69, 9.17) is 16.3 Å². The first-order chi connectivity index (χ1) is 11.6. The molecule has 0 heterocycles. The number of hydrogen-bond acceptors (Lipinski definition) is 4. The summed E-state index contributed by atoms with van der Waals surface area (Å²) in [7, 11) is 1.52. The van der Waals surface area contributed by atoms with Crippen LogP contribution in [-0.2, 0) is 4.79 Å². The molecule has 0 saturated carbocycles. The fraction of sp³-hybridized carbons (Fsp3) is 0.118. The molecule has 0 saturated heterocycles. The molecule has 0 aliphatic rings. The number of amides is 2. The van der Waals surface area contributed by atoms with E-state index in [1.165, 1.54) is 13.3 Å². The van der Waals surface area contributed by atoms with Gasteiger partial charge in [0.05, 0.1) is 19.9 Å². The van der Waals surface area contributed by atoms with Crippen LogP contribution in [-0.4, -0.2) is 31.7 Å². The van der Waals surface area contributed by atoms with Gasteiger partial charge in [-0.3, -0.25) is 9.59 Å². The van der Waals surface area contributed by atoms with Gasteiger partial charge in [0.15, 0.2) is 0 Å². The van der Waals surface area contributed by atoms with E-state index in [1.54, 1.807) is 48.5 Å². The zero-order valence-electron chi connectivity index (χ0n) is 13.0. The summed E-state index contributed by atoms with van der Waals surface area (Å²) in [4.78, 5) is 23.6. The third-order valence-electron chi connectivity index (χ3n) is 2.99. The van der Waals surface area contributed by atoms with Gasteiger partial charge in [0.25, 0.3) is 11.8 Å². The number of carbonyl (C=O) groups excluding carboxylic acids is 2. The standard InChI is InChI=1S/C17H16ClN3O3/c1-24-15-7-3-5-13(9-15)17(23)19-11-16(22)21-20-10-12-4-2-6-14(18)8-12/h2-10H,11H2,1H3,(H,19,23)(H,21,22)/b20-10-. The molecule has 24 heavy (non-hydrogen) atoms. The lowest BCUT2D eigenvalue weighted by Gasteiger charge is -2.05. The Hall–Kier alpha value is -2.86. The van der Waals surface area contributed by atoms with Gasteiger partial charge in [-0.2, -0.15) is 5.10 Å². The van der Waals surface area contributed by atoms with Gasteiger partial charge in [0, 0.05) is 10.6 Å². The topological polar surface area (TPSA) is 79.8 Å². The first-order valence-corrected chi connectivity index (χ1v) is 7.46. The second-order valence-corrected chi connectivity index (χ2v) is 5.20. The molecule has 0 unspecified atom stereocenters. The predicted octanol–water partition coefficient (Wildman–Crippen LogP) is 2.23. The van der Waals surface area contributed by atoms with Crippen LogP contribution in [0.2, 0.25) is 5.02 Å². The Kier molecular flexibility index (Phi) is 6.33. The molecule has 0 radical (unpaired) electrons. The Balaban J connectivity index is 1.81. The van der Waals surface area contributed by atoms with Crippen LogP contribution in [0.1, 0.15) is 15.9 Å². The molecule has 6 nitrogen and oxygen atoms in total. The van der Waals surface area contributed by atoms with Crippen LogP contribution in [0, 0.1) is 0 Å². The number of ether oxygens (including phenoxy) is 1. The van der Waals surface area contributed by atoms with Gasteiger partial charge in [-0.15, -0.1) is 0 Å². The minimum absolute atomic E-state index is 0.192. The minimum atomic E-state index is -0.440. The van der Waals surface area contributed by atoms with Crippen LogP contribution in [0.5, 0.6) is 5.75 Å². The molecule has 0 aliphatic heterocycles. The SMILES string of the molecule is COc1cccc(C(=O)NCC(=O)N/N=C\c2cccc(Cl)c2)c1. The first kappa shape index (κ1) is 17.5. The normalized spacial score (nSPS) is 10.4. The number of carbonyl (C=O) groups is 2. The molecule has 0 aliphatic carbocycles. The molecule has 0 spiro atoms. The van der Waals surface area contributed by atoms with Crippen molar-refractivity contribution in [3.8, 4) is 5.75 Å². The highest BCUT2D eigenvalue weighted by atomic mass is 35.5. The van der Waals surface area contributed by atoms with Gasteiger partial charge in [0.1, 0.15) is 5.75 Å². The number of halogens is 1. The summed E-state index contributed by atoms with van der Waals surface area (Å²) in [5, 5.41) is 6.89. The van der Waals surface area contributed by atoms with Gasteiger partial charge in [-0.05, 0) is 35.9 Å². The fourth-order valence-corrected chi connectivity index (χ4v) is 2.03. The van der Waals surface area contributed by atoms with E-state index in [-0.39, 0.29) is 12.5 Å². The number of methoxy groups -OCH3 is 1. The van der Waals surface area contributed by atoms with Crippen molar-refractivity contribution >= 4 is 29.6 Å². The third kappa shape index (κ3) is 5.40. The van der Waals surface area contributed by atoms with Crippen molar-refractivity contribution in [1.82, 2.24) is 10.7 Å². The smallest absolute Gasteiger partial charge is 0.259 e. The summed E-state index contributed by atoms with van der Waals surface area (Å²) in [6.07, 6.45) is 1.47. The summed E-state index contributed by atoms with van der Waals surface area (Å²) in [5.74, 6) is -0.245. The second-order valence-electron chi connectivity index (χ2n) is 4.76. The summed E-state index contributed by atoms with van der Waals surface area (Å²) in [5.41, 5.74) is 3.49. The maximum atomic E-state index is 12.0. The van der Waals surface area contributed by atoms with Crippen molar-refractivity contribution in [2.45, 2.75) is 0 Å². The fourth-order valence-electron chi connectivity index (χ4n) is 1.83. The highest BCUT2D eigenvalue weighted by Crippen LogP contribution is 2.12. The number of hydrogen-bond donors (Lipinski definition) is 2. The second kappa shape index (κ2) is 8.69. The molecule has 124 valence electrons. The van der Waals surface area contributed by atoms with Crippen molar-refractivity contribution < 1.29 is 14.3 Å². The van der Waals surface area contributed by atoms with Gasteiger partial charge >= 0.3 is 0 Å². The summed E-state index contributed by atoms with van der Waals surface area (Å²) in [6.45, 7) is -0.192. The minimum Gasteiger partial charge on any atom is -0.497 e. The van der Waals surface area contributed by atoms with E-state index >= 15 is 0 Å². The molecule has 2 amide bonds. The van der Waals surface area contributed by atoms with E-state index in [0.29, 0.717) is 16.3 Å². The van der Waals surface area contributed by atoms with Crippen LogP contribution >= 0.6 is 11.6 Å². The zero-order valence-corrected chi connectivity index (χ0v) is 13.7. The maximum Gasteiger partial charge on any atom is 0.259 e. The monoisotopic (exact) mass is 345 g/mol. The first-order valence-electron chi connectivity index (χ1n) is 7.08. The van der Waals surface area contributed by atoms with E-state index in [9.17, 15) is 9.59 Å². The lowest BCUT2D eigenvalue weighted by atomic mass is 10.2. The Morgan fingerprint density at radius 3 is 2.75 bits per heavy atom. The van der Waals surface area contributed by atoms with Crippen molar-refractivity contribution in [2.75, 3.05) is 13.7 Å². The molecule has 2 N–H and O–H groups in total. The number of hydrazone groups is 1. The van der Waals surface area contributed by atoms with Gasteiger partial charge < -0.3 is 10.1 Å². The number of benzene rings is 2. The largest absolute Gasteiger partial charge is 0.497 e. The number of nitrogens with one attached hydrogen (secondary N) is 2. The van der Waals surface area contributed by atoms with E-state index in [1.807, 2.05) is 0 Å². The van der Waals surface area contributed by atoms with E-state index in [2.05, 4.69) is 15.8 Å². The molecule has 0 aromatic heterocycles. The van der Waals surface area contributed by atoms with Crippen molar-refractivity contribution in [1.29, 1.82) is 0 Å². The van der Waals surface area contributed by atoms with Crippen molar-refractivity contribution in [3.63, 3.8) is 0 Å². The average Bonchev–Trinajstić information content (AvgIpc) is 2.60. The number of nitrogens with zero attached hydrogens (tertiary/aromatic N) is 1. The zero-order chi connectivity index (χ0) is 17.4. The Morgan fingerprint density at radius 1 is 1.21 bits per heavy atom. The summed E-state index contributed by atoms with van der Waals surface area (Å²) in [6, 6.07) is 13.7. The Morgan fingerprint density at radius 2 is 2.00 bits per heavy atom. The van der Waals surface area contributed by atoms with Crippen LogP contribution < -0.4 is 15.5 Å². The summed E-state index contributed by atoms with van der Waals surface area (Å²) >= 11 is 5.85. The predicted molar refractivity (Wildman–Crippen MR) is 92.5 cm³/mol. The molecule has 0 atom stereocenters. The molecule has 0 fully saturated rings. The molecular formula is C17H16ClN3O3. The van der Waals surface area contributed by atoms with E-state index in [0.717, 1.165) is 5.56 Å². The van der Waals surface area contributed by atoms with Crippen LogP contribution in [0.4, 0.5) is 0 Å².